The van der Waals surface area contributed by atoms with Crippen LogP contribution in [0.3, 0.4) is 0 Å². The molecule has 0 fully saturated rings. The Balaban J connectivity index is 4.19. The maximum absolute atomic E-state index is 9.39. The molecule has 5 heteroatoms. The summed E-state index contributed by atoms with van der Waals surface area (Å²) in [6, 6.07) is 0. The fourth-order valence-corrected chi connectivity index (χ4v) is 4.13. The number of carbonyl (C=O) groups excluding carboxylic acids is 1. The van der Waals surface area contributed by atoms with Gasteiger partial charge in [0.2, 0.25) is 0 Å². The second-order valence-corrected chi connectivity index (χ2v) is 6.85. The molecule has 0 aliphatic carbocycles. The Morgan fingerprint density at radius 3 is 2.06 bits per heavy atom. The van der Waals surface area contributed by atoms with E-state index in [1.165, 1.54) is 0 Å². The van der Waals surface area contributed by atoms with Gasteiger partial charge >= 0.3 is 110 Å². The zero-order chi connectivity index (χ0) is 13.1. The van der Waals surface area contributed by atoms with Gasteiger partial charge in [0.15, 0.2) is 0 Å². The fraction of sp³-hybridized carbons (Fsp3) is 0.750. The molecule has 0 aromatic rings. The average molecular weight is 302 g/mol. The SMILES string of the molecule is CCC[O][Ga-]([O]CCC)[O]C(C)=CC(=[OH+])CC. The van der Waals surface area contributed by atoms with Gasteiger partial charge in [0.25, 0.3) is 0 Å². The molecule has 0 saturated heterocycles. The normalized spacial score (nSPS) is 11.9. The van der Waals surface area contributed by atoms with Crippen LogP contribution in [-0.2, 0) is 10.6 Å². The van der Waals surface area contributed by atoms with Crippen molar-refractivity contribution in [3.05, 3.63) is 11.8 Å². The van der Waals surface area contributed by atoms with Crippen LogP contribution in [0.2, 0.25) is 0 Å². The van der Waals surface area contributed by atoms with Crippen LogP contribution >= 0.6 is 0 Å². The minimum absolute atomic E-state index is 0.314. The monoisotopic (exact) mass is 301 g/mol. The van der Waals surface area contributed by atoms with Crippen molar-refractivity contribution in [1.82, 2.24) is 0 Å². The van der Waals surface area contributed by atoms with Crippen LogP contribution in [0.4, 0.5) is 0 Å². The Labute approximate surface area is 111 Å². The molecule has 0 amide bonds. The Morgan fingerprint density at radius 2 is 1.65 bits per heavy atom. The van der Waals surface area contributed by atoms with Crippen molar-refractivity contribution in [1.29, 1.82) is 0 Å². The van der Waals surface area contributed by atoms with Crippen molar-refractivity contribution in [2.45, 2.75) is 47.0 Å². The topological polar surface area (TPSA) is 49.1 Å². The molecular weight excluding hydrogens is 278 g/mol. The van der Waals surface area contributed by atoms with Crippen molar-refractivity contribution in [3.8, 4) is 0 Å². The van der Waals surface area contributed by atoms with Gasteiger partial charge in [-0.25, -0.2) is 0 Å². The van der Waals surface area contributed by atoms with Crippen molar-refractivity contribution >= 4 is 23.1 Å². The quantitative estimate of drug-likeness (QED) is 0.270. The fourth-order valence-electron chi connectivity index (χ4n) is 1.07. The molecule has 0 atom stereocenters. The number of rotatable bonds is 10. The Morgan fingerprint density at radius 1 is 1.12 bits per heavy atom. The van der Waals surface area contributed by atoms with E-state index < -0.39 is 17.3 Å². The summed E-state index contributed by atoms with van der Waals surface area (Å²) >= 11 is -2.58. The zero-order valence-electron chi connectivity index (χ0n) is 11.4. The van der Waals surface area contributed by atoms with E-state index in [4.69, 9.17) is 10.6 Å². The molecule has 0 unspecified atom stereocenters. The molecular formula is C12H24GaO4. The van der Waals surface area contributed by atoms with E-state index in [-0.39, 0.29) is 0 Å². The van der Waals surface area contributed by atoms with Gasteiger partial charge < -0.3 is 0 Å². The standard InChI is InChI=1S/C6H10O2.2C3H7O.Ga/c1-3-6(8)4-5(2)7;2*1-2-3-4;/h4,7H,3H2,1-2H3;2*2-3H2,1H3;/q;2*-1;+2. The van der Waals surface area contributed by atoms with Gasteiger partial charge in [-0.2, -0.15) is 0 Å². The second kappa shape index (κ2) is 10.9. The molecule has 0 saturated carbocycles. The van der Waals surface area contributed by atoms with Crippen LogP contribution in [0.25, 0.3) is 0 Å². The van der Waals surface area contributed by atoms with E-state index in [1.807, 2.05) is 13.8 Å². The Kier molecular flexibility index (Phi) is 10.7. The van der Waals surface area contributed by atoms with Crippen molar-refractivity contribution in [2.75, 3.05) is 13.2 Å². The van der Waals surface area contributed by atoms with Gasteiger partial charge in [-0.05, 0) is 0 Å². The predicted molar refractivity (Wildman–Crippen MR) is 70.3 cm³/mol. The zero-order valence-corrected chi connectivity index (χ0v) is 13.8. The molecule has 1 N–H and O–H groups in total. The van der Waals surface area contributed by atoms with Gasteiger partial charge in [-0.3, -0.25) is 0 Å². The summed E-state index contributed by atoms with van der Waals surface area (Å²) < 4.78 is 16.8. The molecule has 0 rings (SSSR count). The molecule has 4 nitrogen and oxygen atoms in total. The van der Waals surface area contributed by atoms with E-state index in [0.29, 0.717) is 31.2 Å². The van der Waals surface area contributed by atoms with Crippen LogP contribution in [0.15, 0.2) is 11.8 Å². The molecule has 0 bridgehead atoms. The van der Waals surface area contributed by atoms with Crippen molar-refractivity contribution < 1.29 is 15.4 Å². The molecule has 0 spiro atoms. The van der Waals surface area contributed by atoms with Crippen LogP contribution in [-0.4, -0.2) is 41.1 Å². The van der Waals surface area contributed by atoms with Crippen LogP contribution in [0.5, 0.6) is 0 Å². The van der Waals surface area contributed by atoms with Gasteiger partial charge in [-0.1, -0.05) is 0 Å². The summed E-state index contributed by atoms with van der Waals surface area (Å²) in [6.07, 6.45) is 4.14. The van der Waals surface area contributed by atoms with Crippen molar-refractivity contribution in [2.24, 2.45) is 0 Å². The molecule has 17 heavy (non-hydrogen) atoms. The van der Waals surface area contributed by atoms with Crippen LogP contribution < -0.4 is 0 Å². The minimum atomic E-state index is -2.58. The molecule has 1 radical (unpaired) electrons. The van der Waals surface area contributed by atoms with E-state index in [1.54, 1.807) is 6.08 Å². The predicted octanol–water partition coefficient (Wildman–Crippen LogP) is 2.70. The molecule has 0 aromatic carbocycles. The maximum atomic E-state index is 9.39. The summed E-state index contributed by atoms with van der Waals surface area (Å²) in [5.41, 5.74) is 0. The molecule has 0 aliphatic rings. The van der Waals surface area contributed by atoms with Crippen molar-refractivity contribution in [3.63, 3.8) is 0 Å². The summed E-state index contributed by atoms with van der Waals surface area (Å²) in [4.78, 5) is 9.39. The Hall–Kier alpha value is -0.234. The van der Waals surface area contributed by atoms with E-state index >= 15 is 0 Å². The summed E-state index contributed by atoms with van der Waals surface area (Å²) in [5, 5.41) is 0. The first-order valence-electron chi connectivity index (χ1n) is 6.26. The third kappa shape index (κ3) is 9.47. The van der Waals surface area contributed by atoms with Gasteiger partial charge in [0.1, 0.15) is 0 Å². The summed E-state index contributed by atoms with van der Waals surface area (Å²) in [7, 11) is 0. The summed E-state index contributed by atoms with van der Waals surface area (Å²) in [6.45, 7) is 9.15. The van der Waals surface area contributed by atoms with E-state index in [9.17, 15) is 4.79 Å². The first kappa shape index (κ1) is 16.8. The van der Waals surface area contributed by atoms with E-state index in [0.717, 1.165) is 12.8 Å². The average Bonchev–Trinajstić information content (AvgIpc) is 2.32. The van der Waals surface area contributed by atoms with Gasteiger partial charge in [0, 0.05) is 0 Å². The Bertz CT molecular complexity index is 233. The number of hydrogen-bond donors (Lipinski definition) is 0. The molecule has 0 heterocycles. The molecule has 0 aliphatic heterocycles. The first-order valence-corrected chi connectivity index (χ1v) is 9.23. The second-order valence-electron chi connectivity index (χ2n) is 3.75. The van der Waals surface area contributed by atoms with Crippen LogP contribution in [0, 0.1) is 0 Å². The third-order valence-electron chi connectivity index (χ3n) is 1.93. The van der Waals surface area contributed by atoms with E-state index in [2.05, 4.69) is 13.8 Å². The van der Waals surface area contributed by atoms with Gasteiger partial charge in [-0.15, -0.1) is 0 Å². The first-order chi connectivity index (χ1) is 8.13. The number of ketones is 1. The third-order valence-corrected chi connectivity index (χ3v) is 5.25. The summed E-state index contributed by atoms with van der Waals surface area (Å²) in [5.74, 6) is 0.983. The van der Waals surface area contributed by atoms with Gasteiger partial charge in [0.05, 0.1) is 0 Å². The van der Waals surface area contributed by atoms with Crippen LogP contribution in [0.1, 0.15) is 47.0 Å². The number of hydrogen-bond acceptors (Lipinski definition) is 3. The molecule has 0 aromatic heterocycles. The molecule has 99 valence electrons. The number of allylic oxidation sites excluding steroid dienone is 2.